The van der Waals surface area contributed by atoms with Crippen LogP contribution in [0.5, 0.6) is 5.75 Å². The van der Waals surface area contributed by atoms with Gasteiger partial charge in [-0.15, -0.1) is 0 Å². The Morgan fingerprint density at radius 2 is 1.85 bits per heavy atom. The molecule has 0 aliphatic rings. The van der Waals surface area contributed by atoms with Crippen LogP contribution in [0.25, 0.3) is 0 Å². The summed E-state index contributed by atoms with van der Waals surface area (Å²) in [5.41, 5.74) is 8.92. The molecule has 0 heterocycles. The predicted molar refractivity (Wildman–Crippen MR) is 85.4 cm³/mol. The zero-order valence-corrected chi connectivity index (χ0v) is 12.2. The molecule has 0 saturated carbocycles. The van der Waals surface area contributed by atoms with E-state index in [1.807, 2.05) is 36.4 Å². The second-order valence-electron chi connectivity index (χ2n) is 4.86. The minimum atomic E-state index is 0.661. The van der Waals surface area contributed by atoms with Crippen molar-refractivity contribution >= 4 is 11.4 Å². The second-order valence-corrected chi connectivity index (χ2v) is 4.86. The molecule has 2 aromatic carbocycles. The average Bonchev–Trinajstić information content (AvgIpc) is 2.48. The molecule has 0 amide bonds. The van der Waals surface area contributed by atoms with Gasteiger partial charge in [0.1, 0.15) is 12.4 Å². The molecule has 0 spiro atoms. The molecule has 106 valence electrons. The molecule has 0 radical (unpaired) electrons. The van der Waals surface area contributed by atoms with Crippen molar-refractivity contribution in [2.75, 3.05) is 30.8 Å². The lowest BCUT2D eigenvalue weighted by Gasteiger charge is -2.19. The lowest BCUT2D eigenvalue weighted by Crippen LogP contribution is -2.23. The molecular formula is C17H22N2O. The Balaban J connectivity index is 1.84. The van der Waals surface area contributed by atoms with E-state index in [0.717, 1.165) is 30.1 Å². The Kier molecular flexibility index (Phi) is 4.88. The zero-order chi connectivity index (χ0) is 14.4. The first-order valence-corrected chi connectivity index (χ1v) is 6.97. The largest absolute Gasteiger partial charge is 0.492 e. The van der Waals surface area contributed by atoms with Crippen molar-refractivity contribution in [1.29, 1.82) is 0 Å². The molecule has 2 aromatic rings. The summed E-state index contributed by atoms with van der Waals surface area (Å²) in [5.74, 6) is 0.940. The van der Waals surface area contributed by atoms with Crippen LogP contribution in [-0.2, 0) is 6.42 Å². The van der Waals surface area contributed by atoms with E-state index in [0.29, 0.717) is 6.61 Å². The molecule has 3 nitrogen and oxygen atoms in total. The number of benzene rings is 2. The van der Waals surface area contributed by atoms with Crippen molar-refractivity contribution in [3.63, 3.8) is 0 Å². The number of aryl methyl sites for hydroxylation is 1. The van der Waals surface area contributed by atoms with E-state index >= 15 is 0 Å². The monoisotopic (exact) mass is 270 g/mol. The van der Waals surface area contributed by atoms with Crippen LogP contribution >= 0.6 is 0 Å². The quantitative estimate of drug-likeness (QED) is 0.818. The van der Waals surface area contributed by atoms with Crippen molar-refractivity contribution < 1.29 is 4.74 Å². The van der Waals surface area contributed by atoms with Gasteiger partial charge >= 0.3 is 0 Å². The van der Waals surface area contributed by atoms with Crippen LogP contribution in [0.2, 0.25) is 0 Å². The number of hydrogen-bond acceptors (Lipinski definition) is 3. The zero-order valence-electron chi connectivity index (χ0n) is 12.2. The maximum Gasteiger partial charge on any atom is 0.119 e. The summed E-state index contributed by atoms with van der Waals surface area (Å²) in [6, 6.07) is 16.1. The molecule has 0 fully saturated rings. The second kappa shape index (κ2) is 6.85. The molecule has 0 aliphatic carbocycles. The molecule has 0 aromatic heterocycles. The molecule has 20 heavy (non-hydrogen) atoms. The van der Waals surface area contributed by atoms with Crippen LogP contribution in [0.1, 0.15) is 12.5 Å². The van der Waals surface area contributed by atoms with Gasteiger partial charge in [-0.3, -0.25) is 0 Å². The smallest absolute Gasteiger partial charge is 0.119 e. The van der Waals surface area contributed by atoms with Crippen LogP contribution in [0.3, 0.4) is 0 Å². The first-order chi connectivity index (χ1) is 9.69. The van der Waals surface area contributed by atoms with Crippen LogP contribution in [0, 0.1) is 0 Å². The van der Waals surface area contributed by atoms with Gasteiger partial charge in [-0.2, -0.15) is 0 Å². The SMILES string of the molecule is CCc1cccc(OCCN(C)c2ccc(N)cc2)c1. The average molecular weight is 270 g/mol. The lowest BCUT2D eigenvalue weighted by atomic mass is 10.2. The third-order valence-electron chi connectivity index (χ3n) is 3.34. The summed E-state index contributed by atoms with van der Waals surface area (Å²) >= 11 is 0. The number of nitrogen functional groups attached to an aromatic ring is 1. The van der Waals surface area contributed by atoms with Gasteiger partial charge in [0.25, 0.3) is 0 Å². The van der Waals surface area contributed by atoms with Gasteiger partial charge in [-0.05, 0) is 48.4 Å². The molecule has 0 aliphatic heterocycles. The molecule has 2 rings (SSSR count). The fraction of sp³-hybridized carbons (Fsp3) is 0.294. The van der Waals surface area contributed by atoms with Crippen molar-refractivity contribution in [3.05, 3.63) is 54.1 Å². The van der Waals surface area contributed by atoms with Gasteiger partial charge in [0.05, 0.1) is 6.54 Å². The summed E-state index contributed by atoms with van der Waals surface area (Å²) in [5, 5.41) is 0. The van der Waals surface area contributed by atoms with E-state index in [1.54, 1.807) is 0 Å². The molecular weight excluding hydrogens is 248 g/mol. The van der Waals surface area contributed by atoms with Crippen molar-refractivity contribution in [1.82, 2.24) is 0 Å². The highest BCUT2D eigenvalue weighted by Crippen LogP contribution is 2.16. The summed E-state index contributed by atoms with van der Waals surface area (Å²) in [7, 11) is 2.05. The summed E-state index contributed by atoms with van der Waals surface area (Å²) in [6.07, 6.45) is 1.03. The molecule has 0 bridgehead atoms. The molecule has 3 heteroatoms. The number of nitrogens with two attached hydrogens (primary N) is 1. The van der Waals surface area contributed by atoms with Crippen LogP contribution < -0.4 is 15.4 Å². The molecule has 2 N–H and O–H groups in total. The van der Waals surface area contributed by atoms with Gasteiger partial charge in [-0.1, -0.05) is 19.1 Å². The highest BCUT2D eigenvalue weighted by Gasteiger charge is 2.01. The van der Waals surface area contributed by atoms with E-state index in [4.69, 9.17) is 10.5 Å². The van der Waals surface area contributed by atoms with Crippen molar-refractivity contribution in [3.8, 4) is 5.75 Å². The normalized spacial score (nSPS) is 10.3. The number of rotatable bonds is 6. The molecule has 0 unspecified atom stereocenters. The van der Waals surface area contributed by atoms with E-state index in [1.165, 1.54) is 5.56 Å². The van der Waals surface area contributed by atoms with E-state index in [-0.39, 0.29) is 0 Å². The van der Waals surface area contributed by atoms with Gasteiger partial charge < -0.3 is 15.4 Å². The van der Waals surface area contributed by atoms with E-state index < -0.39 is 0 Å². The Bertz CT molecular complexity index is 537. The van der Waals surface area contributed by atoms with Gasteiger partial charge in [-0.25, -0.2) is 0 Å². The lowest BCUT2D eigenvalue weighted by molar-refractivity contribution is 0.325. The van der Waals surface area contributed by atoms with Gasteiger partial charge in [0, 0.05) is 18.4 Å². The first kappa shape index (κ1) is 14.3. The number of ether oxygens (including phenoxy) is 1. The van der Waals surface area contributed by atoms with Crippen molar-refractivity contribution in [2.45, 2.75) is 13.3 Å². The molecule has 0 atom stereocenters. The Hall–Kier alpha value is -2.16. The fourth-order valence-corrected chi connectivity index (χ4v) is 2.01. The Morgan fingerprint density at radius 1 is 1.10 bits per heavy atom. The summed E-state index contributed by atoms with van der Waals surface area (Å²) in [4.78, 5) is 2.16. The van der Waals surface area contributed by atoms with Gasteiger partial charge in [0.2, 0.25) is 0 Å². The maximum atomic E-state index is 5.80. The van der Waals surface area contributed by atoms with E-state index in [2.05, 4.69) is 31.0 Å². The summed E-state index contributed by atoms with van der Waals surface area (Å²) in [6.45, 7) is 3.64. The van der Waals surface area contributed by atoms with Gasteiger partial charge in [0.15, 0.2) is 0 Å². The van der Waals surface area contributed by atoms with Crippen LogP contribution in [0.4, 0.5) is 11.4 Å². The number of likely N-dealkylation sites (N-methyl/N-ethyl adjacent to an activating group) is 1. The minimum absolute atomic E-state index is 0.661. The number of nitrogens with zero attached hydrogens (tertiary/aromatic N) is 1. The predicted octanol–water partition coefficient (Wildman–Crippen LogP) is 3.35. The highest BCUT2D eigenvalue weighted by molar-refractivity contribution is 5.52. The van der Waals surface area contributed by atoms with Crippen molar-refractivity contribution in [2.24, 2.45) is 0 Å². The molecule has 0 saturated heterocycles. The topological polar surface area (TPSA) is 38.5 Å². The fourth-order valence-electron chi connectivity index (χ4n) is 2.01. The first-order valence-electron chi connectivity index (χ1n) is 6.97. The van der Waals surface area contributed by atoms with Crippen LogP contribution in [-0.4, -0.2) is 20.2 Å². The maximum absolute atomic E-state index is 5.80. The standard InChI is InChI=1S/C17H22N2O/c1-3-14-5-4-6-17(13-14)20-12-11-19(2)16-9-7-15(18)8-10-16/h4-10,13H,3,11-12,18H2,1-2H3. The Labute approximate surface area is 121 Å². The third-order valence-corrected chi connectivity index (χ3v) is 3.34. The van der Waals surface area contributed by atoms with E-state index in [9.17, 15) is 0 Å². The highest BCUT2D eigenvalue weighted by atomic mass is 16.5. The third kappa shape index (κ3) is 3.92. The number of anilines is 2. The number of hydrogen-bond donors (Lipinski definition) is 1. The summed E-state index contributed by atoms with van der Waals surface area (Å²) < 4.78 is 5.80. The van der Waals surface area contributed by atoms with Crippen LogP contribution in [0.15, 0.2) is 48.5 Å². The Morgan fingerprint density at radius 3 is 2.55 bits per heavy atom. The minimum Gasteiger partial charge on any atom is -0.492 e.